The highest BCUT2D eigenvalue weighted by molar-refractivity contribution is 7.89. The Bertz CT molecular complexity index is 532. The SMILES string of the molecule is CN(C)S(=O)(=O)c1ccc(NC2(C)CCNC2)cc1. The van der Waals surface area contributed by atoms with Crippen molar-refractivity contribution < 1.29 is 8.42 Å². The first-order chi connectivity index (χ1) is 8.83. The van der Waals surface area contributed by atoms with Gasteiger partial charge in [-0.2, -0.15) is 0 Å². The molecule has 19 heavy (non-hydrogen) atoms. The fourth-order valence-corrected chi connectivity index (χ4v) is 3.09. The highest BCUT2D eigenvalue weighted by Gasteiger charge is 2.28. The molecule has 0 spiro atoms. The van der Waals surface area contributed by atoms with Gasteiger partial charge in [0, 0.05) is 31.9 Å². The van der Waals surface area contributed by atoms with Gasteiger partial charge in [0.05, 0.1) is 4.90 Å². The molecular formula is C13H21N3O2S. The largest absolute Gasteiger partial charge is 0.379 e. The van der Waals surface area contributed by atoms with Gasteiger partial charge in [0.2, 0.25) is 10.0 Å². The van der Waals surface area contributed by atoms with Crippen LogP contribution in [0.15, 0.2) is 29.2 Å². The van der Waals surface area contributed by atoms with Crippen molar-refractivity contribution in [3.05, 3.63) is 24.3 Å². The number of anilines is 1. The molecule has 2 rings (SSSR count). The monoisotopic (exact) mass is 283 g/mol. The molecule has 5 nitrogen and oxygen atoms in total. The van der Waals surface area contributed by atoms with Gasteiger partial charge in [-0.15, -0.1) is 0 Å². The molecule has 1 aromatic rings. The Balaban J connectivity index is 2.15. The van der Waals surface area contributed by atoms with Gasteiger partial charge in [-0.3, -0.25) is 0 Å². The van der Waals surface area contributed by atoms with Crippen LogP contribution in [0.5, 0.6) is 0 Å². The topological polar surface area (TPSA) is 61.4 Å². The number of rotatable bonds is 4. The van der Waals surface area contributed by atoms with E-state index < -0.39 is 10.0 Å². The summed E-state index contributed by atoms with van der Waals surface area (Å²) < 4.78 is 25.1. The number of nitrogens with zero attached hydrogens (tertiary/aromatic N) is 1. The first kappa shape index (κ1) is 14.3. The lowest BCUT2D eigenvalue weighted by atomic mass is 10.0. The lowest BCUT2D eigenvalue weighted by Gasteiger charge is -2.26. The number of nitrogens with one attached hydrogen (secondary N) is 2. The Morgan fingerprint density at radius 2 is 1.89 bits per heavy atom. The van der Waals surface area contributed by atoms with E-state index >= 15 is 0 Å². The highest BCUT2D eigenvalue weighted by atomic mass is 32.2. The molecular weight excluding hydrogens is 262 g/mol. The normalized spacial score (nSPS) is 23.8. The van der Waals surface area contributed by atoms with E-state index in [2.05, 4.69) is 17.6 Å². The second kappa shape index (κ2) is 5.11. The van der Waals surface area contributed by atoms with Crippen LogP contribution in [0.25, 0.3) is 0 Å². The van der Waals surface area contributed by atoms with Crippen LogP contribution in [0.1, 0.15) is 13.3 Å². The zero-order valence-corrected chi connectivity index (χ0v) is 12.4. The molecule has 0 aliphatic carbocycles. The van der Waals surface area contributed by atoms with Crippen LogP contribution < -0.4 is 10.6 Å². The Kier molecular flexibility index (Phi) is 3.85. The maximum absolute atomic E-state index is 11.9. The van der Waals surface area contributed by atoms with Crippen LogP contribution in [0.2, 0.25) is 0 Å². The van der Waals surface area contributed by atoms with Crippen molar-refractivity contribution in [1.29, 1.82) is 0 Å². The average Bonchev–Trinajstić information content (AvgIpc) is 2.76. The van der Waals surface area contributed by atoms with Crippen molar-refractivity contribution in [2.75, 3.05) is 32.5 Å². The summed E-state index contributed by atoms with van der Waals surface area (Å²) >= 11 is 0. The van der Waals surface area contributed by atoms with E-state index in [1.807, 2.05) is 12.1 Å². The van der Waals surface area contributed by atoms with Gasteiger partial charge in [-0.05, 0) is 44.2 Å². The van der Waals surface area contributed by atoms with Gasteiger partial charge in [0.15, 0.2) is 0 Å². The lowest BCUT2D eigenvalue weighted by molar-refractivity contribution is 0.521. The molecule has 1 unspecified atom stereocenters. The van der Waals surface area contributed by atoms with Crippen molar-refractivity contribution in [2.24, 2.45) is 0 Å². The summed E-state index contributed by atoms with van der Waals surface area (Å²) in [6, 6.07) is 6.92. The molecule has 0 saturated carbocycles. The number of benzene rings is 1. The zero-order chi connectivity index (χ0) is 14.1. The van der Waals surface area contributed by atoms with Crippen LogP contribution in [0.3, 0.4) is 0 Å². The van der Waals surface area contributed by atoms with Gasteiger partial charge in [0.25, 0.3) is 0 Å². The van der Waals surface area contributed by atoms with Crippen molar-refractivity contribution in [1.82, 2.24) is 9.62 Å². The fraction of sp³-hybridized carbons (Fsp3) is 0.538. The molecule has 0 bridgehead atoms. The molecule has 1 fully saturated rings. The molecule has 1 aliphatic heterocycles. The van der Waals surface area contributed by atoms with E-state index in [1.165, 1.54) is 18.4 Å². The molecule has 0 aromatic heterocycles. The minimum atomic E-state index is -3.34. The number of hydrogen-bond acceptors (Lipinski definition) is 4. The van der Waals surface area contributed by atoms with Gasteiger partial charge >= 0.3 is 0 Å². The molecule has 0 amide bonds. The summed E-state index contributed by atoms with van der Waals surface area (Å²) in [4.78, 5) is 0.317. The van der Waals surface area contributed by atoms with Gasteiger partial charge < -0.3 is 10.6 Å². The van der Waals surface area contributed by atoms with Crippen molar-refractivity contribution in [3.8, 4) is 0 Å². The second-order valence-electron chi connectivity index (χ2n) is 5.42. The Morgan fingerprint density at radius 1 is 1.26 bits per heavy atom. The number of sulfonamides is 1. The minimum absolute atomic E-state index is 0.0436. The van der Waals surface area contributed by atoms with Crippen LogP contribution >= 0.6 is 0 Å². The van der Waals surface area contributed by atoms with Crippen molar-refractivity contribution in [2.45, 2.75) is 23.8 Å². The van der Waals surface area contributed by atoms with E-state index in [9.17, 15) is 8.42 Å². The third kappa shape index (κ3) is 3.08. The fourth-order valence-electron chi connectivity index (χ4n) is 2.19. The third-order valence-corrected chi connectivity index (χ3v) is 5.28. The smallest absolute Gasteiger partial charge is 0.242 e. The summed E-state index contributed by atoms with van der Waals surface area (Å²) in [6.45, 7) is 4.10. The first-order valence-corrected chi connectivity index (χ1v) is 7.79. The number of hydrogen-bond donors (Lipinski definition) is 2. The highest BCUT2D eigenvalue weighted by Crippen LogP contribution is 2.23. The standard InChI is InChI=1S/C13H21N3O2S/c1-13(8-9-14-10-13)15-11-4-6-12(7-5-11)19(17,18)16(2)3/h4-7,14-15H,8-10H2,1-3H3. The Hall–Kier alpha value is -1.11. The van der Waals surface area contributed by atoms with Gasteiger partial charge in [-0.1, -0.05) is 0 Å². The summed E-state index contributed by atoms with van der Waals surface area (Å²) in [5.74, 6) is 0. The zero-order valence-electron chi connectivity index (χ0n) is 11.6. The van der Waals surface area contributed by atoms with E-state index in [1.54, 1.807) is 12.1 Å². The minimum Gasteiger partial charge on any atom is -0.379 e. The summed E-state index contributed by atoms with van der Waals surface area (Å²) in [7, 11) is -0.274. The van der Waals surface area contributed by atoms with Gasteiger partial charge in [0.1, 0.15) is 0 Å². The van der Waals surface area contributed by atoms with Crippen LogP contribution in [-0.4, -0.2) is 45.4 Å². The average molecular weight is 283 g/mol. The molecule has 1 aliphatic rings. The van der Waals surface area contributed by atoms with Crippen molar-refractivity contribution in [3.63, 3.8) is 0 Å². The summed E-state index contributed by atoms with van der Waals surface area (Å²) in [5.41, 5.74) is 0.992. The first-order valence-electron chi connectivity index (χ1n) is 6.35. The molecule has 1 heterocycles. The Morgan fingerprint density at radius 3 is 2.37 bits per heavy atom. The predicted octanol–water partition coefficient (Wildman–Crippen LogP) is 1.10. The van der Waals surface area contributed by atoms with Crippen molar-refractivity contribution >= 4 is 15.7 Å². The molecule has 2 N–H and O–H groups in total. The van der Waals surface area contributed by atoms with Crippen LogP contribution in [0, 0.1) is 0 Å². The van der Waals surface area contributed by atoms with E-state index in [0.717, 1.165) is 25.2 Å². The Labute approximate surface area is 115 Å². The molecule has 1 saturated heterocycles. The summed E-state index contributed by atoms with van der Waals surface area (Å²) in [5, 5.41) is 6.77. The molecule has 106 valence electrons. The maximum atomic E-state index is 11.9. The predicted molar refractivity (Wildman–Crippen MR) is 76.8 cm³/mol. The van der Waals surface area contributed by atoms with E-state index in [0.29, 0.717) is 4.90 Å². The molecule has 0 radical (unpaired) electrons. The third-order valence-electron chi connectivity index (χ3n) is 3.45. The molecule has 6 heteroatoms. The van der Waals surface area contributed by atoms with Crippen LogP contribution in [0.4, 0.5) is 5.69 Å². The van der Waals surface area contributed by atoms with E-state index in [-0.39, 0.29) is 5.54 Å². The second-order valence-corrected chi connectivity index (χ2v) is 7.58. The quantitative estimate of drug-likeness (QED) is 0.869. The van der Waals surface area contributed by atoms with Crippen LogP contribution in [-0.2, 0) is 10.0 Å². The molecule has 1 atom stereocenters. The van der Waals surface area contributed by atoms with Gasteiger partial charge in [-0.25, -0.2) is 12.7 Å². The van der Waals surface area contributed by atoms with E-state index in [4.69, 9.17) is 0 Å². The summed E-state index contributed by atoms with van der Waals surface area (Å²) in [6.07, 6.45) is 1.06. The molecule has 1 aromatic carbocycles. The lowest BCUT2D eigenvalue weighted by Crippen LogP contribution is -2.36. The maximum Gasteiger partial charge on any atom is 0.242 e.